The number of hydrogen-bond donors (Lipinski definition) is 1. The van der Waals surface area contributed by atoms with Crippen LogP contribution in [0.15, 0.2) is 57.8 Å². The Hall–Kier alpha value is -3.19. The highest BCUT2D eigenvalue weighted by atomic mass is 19.1. The first-order chi connectivity index (χ1) is 15.7. The summed E-state index contributed by atoms with van der Waals surface area (Å²) in [6.07, 6.45) is 4.11. The molecule has 0 aliphatic carbocycles. The van der Waals surface area contributed by atoms with Crippen molar-refractivity contribution >= 4 is 21.9 Å². The van der Waals surface area contributed by atoms with Crippen LogP contribution in [0.25, 0.3) is 21.9 Å². The van der Waals surface area contributed by atoms with Crippen LogP contribution in [0, 0.1) is 5.82 Å². The number of rotatable bonds is 7. The van der Waals surface area contributed by atoms with Gasteiger partial charge in [0.25, 0.3) is 0 Å². The van der Waals surface area contributed by atoms with Crippen molar-refractivity contribution in [3.8, 4) is 5.75 Å². The molecular weight excluding hydrogens is 409 g/mol. The number of benzene rings is 2. The predicted octanol–water partition coefficient (Wildman–Crippen LogP) is 4.85. The summed E-state index contributed by atoms with van der Waals surface area (Å²) in [5.74, 6) is 0.843. The summed E-state index contributed by atoms with van der Waals surface area (Å²) < 4.78 is 24.6. The van der Waals surface area contributed by atoms with Crippen molar-refractivity contribution in [2.45, 2.75) is 31.6 Å². The molecule has 1 N–H and O–H groups in total. The molecule has 0 saturated carbocycles. The van der Waals surface area contributed by atoms with Crippen molar-refractivity contribution in [1.82, 2.24) is 15.0 Å². The van der Waals surface area contributed by atoms with Gasteiger partial charge in [-0.3, -0.25) is 4.79 Å². The van der Waals surface area contributed by atoms with Crippen molar-refractivity contribution in [2.75, 3.05) is 26.2 Å². The zero-order valence-corrected chi connectivity index (χ0v) is 17.9. The van der Waals surface area contributed by atoms with E-state index in [-0.39, 0.29) is 11.4 Å². The fourth-order valence-electron chi connectivity index (χ4n) is 4.50. The smallest absolute Gasteiger partial charge is 0.248 e. The van der Waals surface area contributed by atoms with Crippen LogP contribution in [0.5, 0.6) is 5.75 Å². The molecule has 2 aromatic heterocycles. The number of unbranched alkanes of at least 4 members (excludes halogenated alkanes) is 1. The first-order valence-corrected chi connectivity index (χ1v) is 11.2. The molecule has 2 aromatic carbocycles. The summed E-state index contributed by atoms with van der Waals surface area (Å²) in [4.78, 5) is 16.8. The number of nitrogens with one attached hydrogen (secondary N) is 1. The van der Waals surface area contributed by atoms with Crippen molar-refractivity contribution in [2.24, 2.45) is 0 Å². The number of H-pyrrole nitrogens is 1. The molecule has 0 unspecified atom stereocenters. The maximum absolute atomic E-state index is 13.4. The molecule has 4 aromatic rings. The number of aromatic nitrogens is 2. The van der Waals surface area contributed by atoms with E-state index < -0.39 is 0 Å². The molecule has 6 nitrogen and oxygen atoms in total. The van der Waals surface area contributed by atoms with Crippen LogP contribution in [0.2, 0.25) is 0 Å². The molecule has 1 fully saturated rings. The highest BCUT2D eigenvalue weighted by Gasteiger charge is 2.24. The van der Waals surface area contributed by atoms with E-state index >= 15 is 0 Å². The number of nitrogens with zero attached hydrogens (tertiary/aromatic N) is 2. The topological polar surface area (TPSA) is 71.4 Å². The monoisotopic (exact) mass is 435 g/mol. The fraction of sp³-hybridized carbons (Fsp3) is 0.360. The Morgan fingerprint density at radius 3 is 2.81 bits per heavy atom. The number of likely N-dealkylation sites (tertiary alicyclic amines) is 1. The maximum atomic E-state index is 13.4. The van der Waals surface area contributed by atoms with E-state index in [4.69, 9.17) is 9.26 Å². The Balaban J connectivity index is 1.05. The fourth-order valence-corrected chi connectivity index (χ4v) is 4.50. The van der Waals surface area contributed by atoms with E-state index in [1.54, 1.807) is 6.07 Å². The molecule has 32 heavy (non-hydrogen) atoms. The molecule has 1 saturated heterocycles. The Labute approximate surface area is 185 Å². The number of piperidine rings is 1. The number of ether oxygens (including phenoxy) is 1. The van der Waals surface area contributed by atoms with Crippen LogP contribution in [-0.4, -0.2) is 41.3 Å². The maximum Gasteiger partial charge on any atom is 0.248 e. The predicted molar refractivity (Wildman–Crippen MR) is 122 cm³/mol. The van der Waals surface area contributed by atoms with Gasteiger partial charge in [-0.2, -0.15) is 0 Å². The van der Waals surface area contributed by atoms with Crippen LogP contribution >= 0.6 is 0 Å². The third-order valence-corrected chi connectivity index (χ3v) is 6.27. The summed E-state index contributed by atoms with van der Waals surface area (Å²) in [6, 6.07) is 13.8. The molecule has 3 heterocycles. The Bertz CT molecular complexity index is 1270. The highest BCUT2D eigenvalue weighted by molar-refractivity contribution is 5.80. The molecule has 0 radical (unpaired) electrons. The van der Waals surface area contributed by atoms with Gasteiger partial charge < -0.3 is 19.1 Å². The van der Waals surface area contributed by atoms with Gasteiger partial charge in [-0.15, -0.1) is 0 Å². The number of hydrogen-bond acceptors (Lipinski definition) is 5. The molecule has 1 aliphatic heterocycles. The van der Waals surface area contributed by atoms with Gasteiger partial charge in [-0.1, -0.05) is 5.16 Å². The lowest BCUT2D eigenvalue weighted by molar-refractivity contribution is 0.199. The molecule has 7 heteroatoms. The van der Waals surface area contributed by atoms with Gasteiger partial charge in [-0.05, 0) is 81.0 Å². The molecule has 5 rings (SSSR count). The van der Waals surface area contributed by atoms with Crippen LogP contribution in [0.1, 0.15) is 37.3 Å². The molecule has 0 spiro atoms. The van der Waals surface area contributed by atoms with Crippen molar-refractivity contribution in [3.05, 3.63) is 70.4 Å². The number of pyridine rings is 1. The lowest BCUT2D eigenvalue weighted by atomic mass is 9.91. The summed E-state index contributed by atoms with van der Waals surface area (Å²) in [6.45, 7) is 3.75. The van der Waals surface area contributed by atoms with E-state index in [0.29, 0.717) is 18.1 Å². The molecular formula is C25H26FN3O3. The van der Waals surface area contributed by atoms with E-state index in [9.17, 15) is 9.18 Å². The second kappa shape index (κ2) is 9.12. The van der Waals surface area contributed by atoms with E-state index in [1.165, 1.54) is 18.2 Å². The van der Waals surface area contributed by atoms with Crippen LogP contribution < -0.4 is 10.3 Å². The summed E-state index contributed by atoms with van der Waals surface area (Å²) >= 11 is 0. The van der Waals surface area contributed by atoms with Crippen LogP contribution in [0.4, 0.5) is 4.39 Å². The third-order valence-electron chi connectivity index (χ3n) is 6.27. The minimum Gasteiger partial charge on any atom is -0.494 e. The van der Waals surface area contributed by atoms with Gasteiger partial charge >= 0.3 is 0 Å². The van der Waals surface area contributed by atoms with Gasteiger partial charge in [0.15, 0.2) is 5.58 Å². The van der Waals surface area contributed by atoms with E-state index in [1.807, 2.05) is 24.3 Å². The minimum atomic E-state index is -0.297. The van der Waals surface area contributed by atoms with Crippen molar-refractivity contribution in [1.29, 1.82) is 0 Å². The summed E-state index contributed by atoms with van der Waals surface area (Å²) in [7, 11) is 0. The summed E-state index contributed by atoms with van der Waals surface area (Å²) in [5.41, 5.74) is 2.18. The number of halogens is 1. The van der Waals surface area contributed by atoms with Crippen LogP contribution in [0.3, 0.4) is 0 Å². The lowest BCUT2D eigenvalue weighted by Gasteiger charge is -2.31. The molecule has 0 bridgehead atoms. The van der Waals surface area contributed by atoms with Gasteiger partial charge in [0.05, 0.1) is 17.8 Å². The molecule has 1 aliphatic rings. The van der Waals surface area contributed by atoms with Crippen molar-refractivity contribution in [3.63, 3.8) is 0 Å². The zero-order chi connectivity index (χ0) is 21.9. The average molecular weight is 435 g/mol. The zero-order valence-electron chi connectivity index (χ0n) is 17.9. The van der Waals surface area contributed by atoms with Gasteiger partial charge in [0.1, 0.15) is 11.6 Å². The van der Waals surface area contributed by atoms with Crippen LogP contribution in [-0.2, 0) is 0 Å². The minimum absolute atomic E-state index is 0.107. The molecule has 0 amide bonds. The SMILES string of the molecule is O=c1ccc2ccc(OCCCCN3CCC(c4noc5cc(F)ccc45)CC3)cc2[nH]1. The van der Waals surface area contributed by atoms with E-state index in [0.717, 1.165) is 73.1 Å². The normalized spacial score (nSPS) is 15.5. The average Bonchev–Trinajstić information content (AvgIpc) is 3.22. The summed E-state index contributed by atoms with van der Waals surface area (Å²) in [5, 5.41) is 6.15. The Morgan fingerprint density at radius 2 is 1.94 bits per heavy atom. The third kappa shape index (κ3) is 4.53. The molecule has 166 valence electrons. The second-order valence-electron chi connectivity index (χ2n) is 8.45. The first-order valence-electron chi connectivity index (χ1n) is 11.2. The van der Waals surface area contributed by atoms with E-state index in [2.05, 4.69) is 15.0 Å². The lowest BCUT2D eigenvalue weighted by Crippen LogP contribution is -2.34. The molecule has 0 atom stereocenters. The number of aromatic amines is 1. The largest absolute Gasteiger partial charge is 0.494 e. The van der Waals surface area contributed by atoms with Gasteiger partial charge in [0.2, 0.25) is 5.56 Å². The van der Waals surface area contributed by atoms with Crippen molar-refractivity contribution < 1.29 is 13.7 Å². The standard InChI is InChI=1S/C25H26FN3O3/c26-19-5-7-21-23(15-19)32-28-25(21)18-9-12-29(13-10-18)11-1-2-14-31-20-6-3-17-4-8-24(30)27-22(17)16-20/h3-8,15-16,18H,1-2,9-14H2,(H,27,30). The Morgan fingerprint density at radius 1 is 1.09 bits per heavy atom. The number of fused-ring (bicyclic) bond motifs is 2. The Kier molecular flexibility index (Phi) is 5.90. The van der Waals surface area contributed by atoms with Gasteiger partial charge in [0, 0.05) is 29.5 Å². The first kappa shape index (κ1) is 20.7. The quantitative estimate of drug-likeness (QED) is 0.420. The highest BCUT2D eigenvalue weighted by Crippen LogP contribution is 2.32. The second-order valence-corrected chi connectivity index (χ2v) is 8.45. The van der Waals surface area contributed by atoms with Gasteiger partial charge in [-0.25, -0.2) is 4.39 Å².